The van der Waals surface area contributed by atoms with Gasteiger partial charge in [0.15, 0.2) is 5.82 Å². The molecule has 46 valence electrons. The molecule has 0 atom stereocenters. The zero-order valence-electron chi connectivity index (χ0n) is 4.29. The molecule has 0 saturated carbocycles. The molecule has 0 aliphatic heterocycles. The highest BCUT2D eigenvalue weighted by Gasteiger charge is 1.85. The SMILES string of the molecule is C.Cc1nnn(C)n1. The number of aromatic nitrogens is 4. The molecule has 0 aliphatic carbocycles. The van der Waals surface area contributed by atoms with E-state index in [1.807, 2.05) is 0 Å². The molecule has 1 aromatic rings. The minimum atomic E-state index is 0. The minimum Gasteiger partial charge on any atom is -0.167 e. The smallest absolute Gasteiger partial charge is 0.167 e. The van der Waals surface area contributed by atoms with Gasteiger partial charge in [0.25, 0.3) is 0 Å². The summed E-state index contributed by atoms with van der Waals surface area (Å²) in [7, 11) is 1.74. The van der Waals surface area contributed by atoms with Gasteiger partial charge in [0.1, 0.15) is 0 Å². The standard InChI is InChI=1S/C3H6N4.CH4/c1-3-4-6-7(2)5-3;/h1-2H3;1H4. The number of hydrogen-bond donors (Lipinski definition) is 0. The summed E-state index contributed by atoms with van der Waals surface area (Å²) < 4.78 is 0. The Kier molecular flexibility index (Phi) is 2.12. The second-order valence-electron chi connectivity index (χ2n) is 1.33. The molecule has 1 rings (SSSR count). The van der Waals surface area contributed by atoms with E-state index in [-0.39, 0.29) is 7.43 Å². The van der Waals surface area contributed by atoms with Gasteiger partial charge in [0.2, 0.25) is 0 Å². The van der Waals surface area contributed by atoms with Crippen molar-refractivity contribution in [2.75, 3.05) is 0 Å². The van der Waals surface area contributed by atoms with Crippen LogP contribution in [0.5, 0.6) is 0 Å². The average Bonchev–Trinajstić information content (AvgIpc) is 1.87. The maximum absolute atomic E-state index is 3.81. The summed E-state index contributed by atoms with van der Waals surface area (Å²) in [5.41, 5.74) is 0. The molecule has 0 aliphatic rings. The summed E-state index contributed by atoms with van der Waals surface area (Å²) in [4.78, 5) is 1.43. The Labute approximate surface area is 48.5 Å². The van der Waals surface area contributed by atoms with Gasteiger partial charge in [-0.25, -0.2) is 0 Å². The van der Waals surface area contributed by atoms with Crippen molar-refractivity contribution in [3.05, 3.63) is 5.82 Å². The van der Waals surface area contributed by atoms with Gasteiger partial charge in [-0.2, -0.15) is 4.80 Å². The fraction of sp³-hybridized carbons (Fsp3) is 0.750. The number of rotatable bonds is 0. The molecule has 0 amide bonds. The molecule has 1 aromatic heterocycles. The lowest BCUT2D eigenvalue weighted by molar-refractivity contribution is 0.629. The second kappa shape index (κ2) is 2.40. The average molecular weight is 114 g/mol. The van der Waals surface area contributed by atoms with E-state index in [1.165, 1.54) is 4.80 Å². The molecule has 0 unspecified atom stereocenters. The highest BCUT2D eigenvalue weighted by molar-refractivity contribution is 4.65. The highest BCUT2D eigenvalue weighted by atomic mass is 15.6. The molecule has 8 heavy (non-hydrogen) atoms. The van der Waals surface area contributed by atoms with Crippen LogP contribution in [0.25, 0.3) is 0 Å². The fourth-order valence-electron chi connectivity index (χ4n) is 0.379. The molecule has 0 fully saturated rings. The van der Waals surface area contributed by atoms with E-state index in [0.29, 0.717) is 5.82 Å². The lowest BCUT2D eigenvalue weighted by Gasteiger charge is -1.73. The van der Waals surface area contributed by atoms with Crippen LogP contribution >= 0.6 is 0 Å². The molecule has 0 bridgehead atoms. The van der Waals surface area contributed by atoms with Crippen LogP contribution in [0.2, 0.25) is 0 Å². The van der Waals surface area contributed by atoms with E-state index in [9.17, 15) is 0 Å². The lowest BCUT2D eigenvalue weighted by Crippen LogP contribution is -1.91. The van der Waals surface area contributed by atoms with Gasteiger partial charge in [-0.15, -0.1) is 10.2 Å². The van der Waals surface area contributed by atoms with Crippen molar-refractivity contribution in [2.45, 2.75) is 14.4 Å². The molecule has 4 nitrogen and oxygen atoms in total. The summed E-state index contributed by atoms with van der Waals surface area (Å²) in [6, 6.07) is 0. The van der Waals surface area contributed by atoms with E-state index in [0.717, 1.165) is 0 Å². The number of nitrogens with zero attached hydrogens (tertiary/aromatic N) is 4. The van der Waals surface area contributed by atoms with Crippen LogP contribution < -0.4 is 0 Å². The Bertz CT molecular complexity index is 140. The molecule has 0 N–H and O–H groups in total. The molecule has 1 heterocycles. The largest absolute Gasteiger partial charge is 0.171 e. The summed E-state index contributed by atoms with van der Waals surface area (Å²) in [6.45, 7) is 1.80. The second-order valence-corrected chi connectivity index (χ2v) is 1.33. The number of aryl methyl sites for hydroxylation is 2. The third-order valence-electron chi connectivity index (χ3n) is 0.608. The quantitative estimate of drug-likeness (QED) is 0.482. The third kappa shape index (κ3) is 1.29. The molecular formula is C4H10N4. The van der Waals surface area contributed by atoms with Gasteiger partial charge in [-0.05, 0) is 12.1 Å². The van der Waals surface area contributed by atoms with Crippen LogP contribution in [-0.2, 0) is 7.05 Å². The van der Waals surface area contributed by atoms with Crippen LogP contribution in [0.3, 0.4) is 0 Å². The van der Waals surface area contributed by atoms with Crippen molar-refractivity contribution in [3.8, 4) is 0 Å². The Morgan fingerprint density at radius 1 is 1.50 bits per heavy atom. The van der Waals surface area contributed by atoms with Crippen LogP contribution in [0.4, 0.5) is 0 Å². The summed E-state index contributed by atoms with van der Waals surface area (Å²) in [5, 5.41) is 11.0. The van der Waals surface area contributed by atoms with Crippen molar-refractivity contribution in [1.82, 2.24) is 20.2 Å². The molecule has 4 heteroatoms. The Morgan fingerprint density at radius 3 is 2.25 bits per heavy atom. The predicted molar refractivity (Wildman–Crippen MR) is 30.3 cm³/mol. The first-order chi connectivity index (χ1) is 3.29. The van der Waals surface area contributed by atoms with Gasteiger partial charge in [0, 0.05) is 0 Å². The number of tetrazole rings is 1. The fourth-order valence-corrected chi connectivity index (χ4v) is 0.379. The third-order valence-corrected chi connectivity index (χ3v) is 0.608. The predicted octanol–water partition coefficient (Wildman–Crippen LogP) is 0.155. The topological polar surface area (TPSA) is 43.6 Å². The van der Waals surface area contributed by atoms with E-state index in [4.69, 9.17) is 0 Å². The van der Waals surface area contributed by atoms with Crippen LogP contribution in [0.15, 0.2) is 0 Å². The summed E-state index contributed by atoms with van der Waals surface area (Å²) >= 11 is 0. The molecule has 0 radical (unpaired) electrons. The van der Waals surface area contributed by atoms with Crippen molar-refractivity contribution in [3.63, 3.8) is 0 Å². The molecule has 0 spiro atoms. The summed E-state index contributed by atoms with van der Waals surface area (Å²) in [6.07, 6.45) is 0. The monoisotopic (exact) mass is 114 g/mol. The van der Waals surface area contributed by atoms with Gasteiger partial charge in [-0.1, -0.05) is 7.43 Å². The first kappa shape index (κ1) is 7.07. The first-order valence-electron chi connectivity index (χ1n) is 1.99. The normalized spacial score (nSPS) is 8.25. The maximum Gasteiger partial charge on any atom is 0.171 e. The van der Waals surface area contributed by atoms with Crippen molar-refractivity contribution in [1.29, 1.82) is 0 Å². The van der Waals surface area contributed by atoms with Gasteiger partial charge in [0.05, 0.1) is 7.05 Å². The van der Waals surface area contributed by atoms with Gasteiger partial charge >= 0.3 is 0 Å². The Hall–Kier alpha value is -0.930. The lowest BCUT2D eigenvalue weighted by atomic mass is 10.8. The van der Waals surface area contributed by atoms with E-state index in [2.05, 4.69) is 15.4 Å². The maximum atomic E-state index is 3.81. The zero-order chi connectivity index (χ0) is 5.28. The first-order valence-corrected chi connectivity index (χ1v) is 1.99. The molecule has 0 aromatic carbocycles. The van der Waals surface area contributed by atoms with E-state index in [1.54, 1.807) is 14.0 Å². The molecule has 0 saturated heterocycles. The van der Waals surface area contributed by atoms with Crippen LogP contribution in [-0.4, -0.2) is 20.2 Å². The molecular weight excluding hydrogens is 104 g/mol. The van der Waals surface area contributed by atoms with E-state index >= 15 is 0 Å². The Balaban J connectivity index is 0.000000490. The van der Waals surface area contributed by atoms with Crippen LogP contribution in [0.1, 0.15) is 13.3 Å². The van der Waals surface area contributed by atoms with Crippen molar-refractivity contribution in [2.24, 2.45) is 7.05 Å². The van der Waals surface area contributed by atoms with Gasteiger partial charge in [-0.3, -0.25) is 0 Å². The Morgan fingerprint density at radius 2 is 2.12 bits per heavy atom. The number of hydrogen-bond acceptors (Lipinski definition) is 3. The zero-order valence-corrected chi connectivity index (χ0v) is 4.29. The van der Waals surface area contributed by atoms with Gasteiger partial charge < -0.3 is 0 Å². The van der Waals surface area contributed by atoms with Crippen molar-refractivity contribution < 1.29 is 0 Å². The summed E-state index contributed by atoms with van der Waals surface area (Å²) in [5.74, 6) is 0.711. The van der Waals surface area contributed by atoms with E-state index < -0.39 is 0 Å². The van der Waals surface area contributed by atoms with Crippen molar-refractivity contribution >= 4 is 0 Å². The minimum absolute atomic E-state index is 0. The highest BCUT2D eigenvalue weighted by Crippen LogP contribution is 1.74. The van der Waals surface area contributed by atoms with Crippen LogP contribution in [0, 0.1) is 6.92 Å².